The van der Waals surface area contributed by atoms with Crippen molar-refractivity contribution in [2.45, 2.75) is 19.3 Å². The van der Waals surface area contributed by atoms with E-state index in [1.807, 2.05) is 0 Å². The summed E-state index contributed by atoms with van der Waals surface area (Å²) in [4.78, 5) is 0. The number of hydrogen-bond acceptors (Lipinski definition) is 0. The average Bonchev–Trinajstić information content (AvgIpc) is 3.02. The fourth-order valence-electron chi connectivity index (χ4n) is 2.08. The van der Waals surface area contributed by atoms with Gasteiger partial charge in [0.05, 0.1) is 0 Å². The van der Waals surface area contributed by atoms with Gasteiger partial charge in [0.25, 0.3) is 0 Å². The molecule has 0 fully saturated rings. The quantitative estimate of drug-likeness (QED) is 0.687. The zero-order chi connectivity index (χ0) is 10.8. The molecule has 0 aromatic carbocycles. The van der Waals surface area contributed by atoms with Crippen LogP contribution in [0.4, 0.5) is 0 Å². The normalized spacial score (nSPS) is 22.5. The van der Waals surface area contributed by atoms with Gasteiger partial charge in [-0.05, 0) is 0 Å². The summed E-state index contributed by atoms with van der Waals surface area (Å²) in [5.41, 5.74) is 0. The van der Waals surface area contributed by atoms with E-state index in [9.17, 15) is 0 Å². The van der Waals surface area contributed by atoms with E-state index in [4.69, 9.17) is 0 Å². The van der Waals surface area contributed by atoms with Crippen molar-refractivity contribution in [3.05, 3.63) is 67.2 Å². The fraction of sp³-hybridized carbons (Fsp3) is 0.200. The molecule has 0 aliphatic heterocycles. The Morgan fingerprint density at radius 1 is 0.625 bits per heavy atom. The third-order valence-corrected chi connectivity index (χ3v) is 8.11. The standard InChI is InChI=1S/3C5H5.Ru/c3*1-2-4-5-3-1;/h3*1-3H,4H2;. The van der Waals surface area contributed by atoms with Crippen molar-refractivity contribution < 1.29 is 16.0 Å². The summed E-state index contributed by atoms with van der Waals surface area (Å²) < 4.78 is 5.11. The molecule has 0 saturated heterocycles. The van der Waals surface area contributed by atoms with Crippen molar-refractivity contribution in [3.63, 3.8) is 0 Å². The monoisotopic (exact) mass is 297 g/mol. The first-order valence-corrected chi connectivity index (χ1v) is 8.29. The van der Waals surface area contributed by atoms with Gasteiger partial charge in [-0.15, -0.1) is 0 Å². The molecule has 0 atom stereocenters. The Bertz CT molecular complexity index is 398. The van der Waals surface area contributed by atoms with E-state index >= 15 is 0 Å². The van der Waals surface area contributed by atoms with E-state index in [0.29, 0.717) is 0 Å². The van der Waals surface area contributed by atoms with Gasteiger partial charge in [-0.25, -0.2) is 0 Å². The molecule has 0 bridgehead atoms. The molecular weight excluding hydrogens is 281 g/mol. The molecule has 3 aliphatic rings. The van der Waals surface area contributed by atoms with Crippen molar-refractivity contribution in [1.29, 1.82) is 0 Å². The van der Waals surface area contributed by atoms with Crippen molar-refractivity contribution in [3.8, 4) is 0 Å². The summed E-state index contributed by atoms with van der Waals surface area (Å²) in [6, 6.07) is 0. The van der Waals surface area contributed by atoms with E-state index in [-0.39, 0.29) is 0 Å². The van der Waals surface area contributed by atoms with Gasteiger partial charge >= 0.3 is 102 Å². The Labute approximate surface area is 102 Å². The fourth-order valence-corrected chi connectivity index (χ4v) is 7.28. The second-order valence-electron chi connectivity index (χ2n) is 3.96. The minimum absolute atomic E-state index is 1.04. The van der Waals surface area contributed by atoms with Crippen LogP contribution in [0.1, 0.15) is 19.3 Å². The summed E-state index contributed by atoms with van der Waals surface area (Å²) in [5, 5.41) is 0. The third kappa shape index (κ3) is 1.85. The Hall–Kier alpha value is -0.937. The van der Waals surface area contributed by atoms with Crippen LogP contribution < -0.4 is 0 Å². The summed E-state index contributed by atoms with van der Waals surface area (Å²) in [5.74, 6) is 0. The first kappa shape index (κ1) is 10.2. The van der Waals surface area contributed by atoms with Crippen LogP contribution in [-0.4, -0.2) is 0 Å². The van der Waals surface area contributed by atoms with E-state index < -0.39 is 16.0 Å². The molecule has 0 aromatic rings. The average molecular weight is 296 g/mol. The minimum atomic E-state index is -1.04. The van der Waals surface area contributed by atoms with Crippen LogP contribution in [0.2, 0.25) is 0 Å². The SMILES string of the molecule is C1=CC[C]([Ru]([C]2=CC=CC2)[C]2=CC=CC2)=C1. The Kier molecular flexibility index (Phi) is 2.89. The predicted octanol–water partition coefficient (Wildman–Crippen LogP) is 4.14. The number of hydrogen-bond donors (Lipinski definition) is 0. The molecule has 0 spiro atoms. The van der Waals surface area contributed by atoms with Gasteiger partial charge in [-0.1, -0.05) is 0 Å². The van der Waals surface area contributed by atoms with Gasteiger partial charge < -0.3 is 0 Å². The summed E-state index contributed by atoms with van der Waals surface area (Å²) in [7, 11) is 0. The molecule has 0 saturated carbocycles. The van der Waals surface area contributed by atoms with Gasteiger partial charge in [0.15, 0.2) is 0 Å². The van der Waals surface area contributed by atoms with Gasteiger partial charge in [0.2, 0.25) is 0 Å². The number of allylic oxidation sites excluding steroid dienone is 12. The van der Waals surface area contributed by atoms with Gasteiger partial charge in [-0.2, -0.15) is 0 Å². The van der Waals surface area contributed by atoms with Crippen LogP contribution in [0.15, 0.2) is 67.2 Å². The van der Waals surface area contributed by atoms with E-state index in [1.54, 1.807) is 12.5 Å². The summed E-state index contributed by atoms with van der Waals surface area (Å²) in [6.07, 6.45) is 24.2. The second kappa shape index (κ2) is 4.51. The molecule has 0 radical (unpaired) electrons. The number of rotatable bonds is 3. The molecule has 0 nitrogen and oxygen atoms in total. The van der Waals surface area contributed by atoms with Crippen LogP contribution in [0.25, 0.3) is 0 Å². The summed E-state index contributed by atoms with van der Waals surface area (Å²) in [6.45, 7) is 0. The van der Waals surface area contributed by atoms with Crippen LogP contribution in [0.3, 0.4) is 0 Å². The molecule has 0 heterocycles. The molecule has 0 N–H and O–H groups in total. The maximum absolute atomic E-state index is 2.36. The van der Waals surface area contributed by atoms with Gasteiger partial charge in [0, 0.05) is 0 Å². The first-order chi connectivity index (χ1) is 7.95. The van der Waals surface area contributed by atoms with Crippen molar-refractivity contribution in [2.75, 3.05) is 0 Å². The molecule has 1 heteroatoms. The second-order valence-corrected chi connectivity index (χ2v) is 8.61. The van der Waals surface area contributed by atoms with E-state index in [1.165, 1.54) is 19.3 Å². The Balaban J connectivity index is 1.89. The Morgan fingerprint density at radius 3 is 1.25 bits per heavy atom. The molecule has 16 heavy (non-hydrogen) atoms. The van der Waals surface area contributed by atoms with Crippen LogP contribution in [0, 0.1) is 0 Å². The molecule has 0 aromatic heterocycles. The van der Waals surface area contributed by atoms with Gasteiger partial charge in [-0.3, -0.25) is 0 Å². The first-order valence-electron chi connectivity index (χ1n) is 5.68. The van der Waals surface area contributed by atoms with E-state index in [2.05, 4.69) is 54.7 Å². The molecule has 3 rings (SSSR count). The van der Waals surface area contributed by atoms with E-state index in [0.717, 1.165) is 0 Å². The van der Waals surface area contributed by atoms with Crippen LogP contribution in [0.5, 0.6) is 0 Å². The zero-order valence-corrected chi connectivity index (χ0v) is 10.9. The molecule has 0 amide bonds. The van der Waals surface area contributed by atoms with Crippen LogP contribution in [-0.2, 0) is 16.0 Å². The van der Waals surface area contributed by atoms with Crippen molar-refractivity contribution >= 4 is 0 Å². The Morgan fingerprint density at radius 2 is 1.00 bits per heavy atom. The molecule has 0 unspecified atom stereocenters. The third-order valence-electron chi connectivity index (χ3n) is 2.83. The van der Waals surface area contributed by atoms with Crippen molar-refractivity contribution in [2.24, 2.45) is 0 Å². The molecule has 83 valence electrons. The summed E-state index contributed by atoms with van der Waals surface area (Å²) >= 11 is -1.04. The molecular formula is C15H15Ru. The molecule has 3 aliphatic carbocycles. The van der Waals surface area contributed by atoms with Gasteiger partial charge in [0.1, 0.15) is 0 Å². The topological polar surface area (TPSA) is 0 Å². The van der Waals surface area contributed by atoms with Crippen LogP contribution >= 0.6 is 0 Å². The van der Waals surface area contributed by atoms with Crippen molar-refractivity contribution in [1.82, 2.24) is 0 Å². The maximum atomic E-state index is 2.36. The zero-order valence-electron chi connectivity index (χ0n) is 9.17. The predicted molar refractivity (Wildman–Crippen MR) is 65.5 cm³/mol.